The first-order valence-corrected chi connectivity index (χ1v) is 4.34. The van der Waals surface area contributed by atoms with Crippen LogP contribution in [0.3, 0.4) is 0 Å². The highest BCUT2D eigenvalue weighted by Gasteiger charge is 1.98. The van der Waals surface area contributed by atoms with Gasteiger partial charge in [0.15, 0.2) is 0 Å². The van der Waals surface area contributed by atoms with Crippen LogP contribution in [0.2, 0.25) is 0 Å². The molecular weight excluding hydrogens is 205 g/mol. The molecule has 0 aliphatic rings. The fourth-order valence-electron chi connectivity index (χ4n) is 1.29. The predicted molar refractivity (Wildman–Crippen MR) is 58.5 cm³/mol. The fraction of sp³-hybridized carbons (Fsp3) is 0.100. The van der Waals surface area contributed by atoms with Gasteiger partial charge in [-0.2, -0.15) is 0 Å². The predicted octanol–water partition coefficient (Wildman–Crippen LogP) is 3.40. The highest BCUT2D eigenvalue weighted by Crippen LogP contribution is 2.17. The van der Waals surface area contributed by atoms with E-state index in [2.05, 4.69) is 11.1 Å². The molecule has 0 bridgehead atoms. The largest absolute Gasteiger partial charge is 0.259 e. The van der Waals surface area contributed by atoms with Gasteiger partial charge in [0.2, 0.25) is 0 Å². The van der Waals surface area contributed by atoms with Crippen LogP contribution in [0.1, 0.15) is 5.69 Å². The van der Waals surface area contributed by atoms with E-state index in [1.807, 2.05) is 24.3 Å². The van der Waals surface area contributed by atoms with Crippen molar-refractivity contribution in [1.29, 1.82) is 0 Å². The third-order valence-corrected chi connectivity index (χ3v) is 2.14. The maximum atomic E-state index is 5.74. The zero-order chi connectivity index (χ0) is 8.39. The lowest BCUT2D eigenvalue weighted by Gasteiger charge is -2.00. The summed E-state index contributed by atoms with van der Waals surface area (Å²) in [6, 6.07) is 10.1. The second kappa shape index (κ2) is 4.45. The summed E-state index contributed by atoms with van der Waals surface area (Å²) in [7, 11) is 0. The van der Waals surface area contributed by atoms with Crippen LogP contribution in [-0.2, 0) is 5.88 Å². The van der Waals surface area contributed by atoms with Crippen molar-refractivity contribution in [3.63, 3.8) is 0 Å². The van der Waals surface area contributed by atoms with Gasteiger partial charge < -0.3 is 0 Å². The van der Waals surface area contributed by atoms with E-state index in [-0.39, 0.29) is 12.4 Å². The smallest absolute Gasteiger partial charge is 0.0653 e. The summed E-state index contributed by atoms with van der Waals surface area (Å²) in [5.41, 5.74) is 0.953. The van der Waals surface area contributed by atoms with Crippen LogP contribution >= 0.6 is 24.0 Å². The lowest BCUT2D eigenvalue weighted by molar-refractivity contribution is 1.20. The van der Waals surface area contributed by atoms with Crippen molar-refractivity contribution in [3.8, 4) is 0 Å². The molecule has 1 aromatic heterocycles. The molecule has 1 nitrogen and oxygen atoms in total. The molecule has 0 saturated carbocycles. The quantitative estimate of drug-likeness (QED) is 0.663. The third kappa shape index (κ3) is 1.93. The number of rotatable bonds is 1. The van der Waals surface area contributed by atoms with E-state index in [1.54, 1.807) is 6.20 Å². The monoisotopic (exact) mass is 213 g/mol. The van der Waals surface area contributed by atoms with E-state index >= 15 is 0 Å². The molecule has 2 rings (SSSR count). The molecule has 0 aliphatic heterocycles. The van der Waals surface area contributed by atoms with Crippen LogP contribution in [0, 0.1) is 0 Å². The molecule has 0 fully saturated rings. The Morgan fingerprint density at radius 2 is 1.92 bits per heavy atom. The zero-order valence-corrected chi connectivity index (χ0v) is 8.48. The summed E-state index contributed by atoms with van der Waals surface area (Å²) in [6.45, 7) is 0. The number of pyridine rings is 1. The summed E-state index contributed by atoms with van der Waals surface area (Å²) >= 11 is 5.74. The summed E-state index contributed by atoms with van der Waals surface area (Å²) in [5.74, 6) is 0.474. The Kier molecular flexibility index (Phi) is 3.52. The van der Waals surface area contributed by atoms with Crippen LogP contribution in [0.25, 0.3) is 10.8 Å². The van der Waals surface area contributed by atoms with E-state index in [4.69, 9.17) is 11.6 Å². The Labute approximate surface area is 88.2 Å². The molecule has 0 atom stereocenters. The summed E-state index contributed by atoms with van der Waals surface area (Å²) < 4.78 is 0. The maximum Gasteiger partial charge on any atom is 0.0653 e. The molecule has 13 heavy (non-hydrogen) atoms. The normalized spacial score (nSPS) is 9.62. The lowest BCUT2D eigenvalue weighted by atomic mass is 10.1. The number of hydrogen-bond donors (Lipinski definition) is 0. The van der Waals surface area contributed by atoms with E-state index < -0.39 is 0 Å². The highest BCUT2D eigenvalue weighted by molar-refractivity contribution is 6.17. The molecule has 0 N–H and O–H groups in total. The van der Waals surface area contributed by atoms with Gasteiger partial charge in [0.25, 0.3) is 0 Å². The first-order valence-electron chi connectivity index (χ1n) is 3.80. The van der Waals surface area contributed by atoms with Gasteiger partial charge in [-0.15, -0.1) is 24.0 Å². The maximum absolute atomic E-state index is 5.74. The zero-order valence-electron chi connectivity index (χ0n) is 6.90. The minimum absolute atomic E-state index is 0. The van der Waals surface area contributed by atoms with Gasteiger partial charge in [-0.25, -0.2) is 0 Å². The Morgan fingerprint density at radius 1 is 1.15 bits per heavy atom. The van der Waals surface area contributed by atoms with Gasteiger partial charge in [-0.1, -0.05) is 24.3 Å². The Hall–Kier alpha value is -0.790. The number of benzene rings is 1. The molecule has 0 amide bonds. The second-order valence-electron chi connectivity index (χ2n) is 2.61. The van der Waals surface area contributed by atoms with E-state index in [9.17, 15) is 0 Å². The van der Waals surface area contributed by atoms with E-state index in [0.29, 0.717) is 5.88 Å². The molecule has 0 aliphatic carbocycles. The van der Waals surface area contributed by atoms with Crippen LogP contribution in [-0.4, -0.2) is 4.98 Å². The van der Waals surface area contributed by atoms with Gasteiger partial charge in [-0.3, -0.25) is 4.98 Å². The van der Waals surface area contributed by atoms with Gasteiger partial charge in [0.1, 0.15) is 0 Å². The first kappa shape index (κ1) is 10.3. The summed E-state index contributed by atoms with van der Waals surface area (Å²) in [5, 5.41) is 2.35. The number of aromatic nitrogens is 1. The number of fused-ring (bicyclic) bond motifs is 1. The topological polar surface area (TPSA) is 12.9 Å². The highest BCUT2D eigenvalue weighted by atomic mass is 35.5. The molecule has 0 unspecified atom stereocenters. The SMILES string of the molecule is Cl.ClCc1nccc2ccccc12. The van der Waals surface area contributed by atoms with Crippen molar-refractivity contribution in [2.45, 2.75) is 5.88 Å². The molecule has 68 valence electrons. The van der Waals surface area contributed by atoms with Gasteiger partial charge in [0.05, 0.1) is 11.6 Å². The number of hydrogen-bond acceptors (Lipinski definition) is 1. The molecular formula is C10H9Cl2N. The summed E-state index contributed by atoms with van der Waals surface area (Å²) in [6.07, 6.45) is 1.79. The van der Waals surface area contributed by atoms with Crippen LogP contribution in [0.4, 0.5) is 0 Å². The number of nitrogens with zero attached hydrogens (tertiary/aromatic N) is 1. The average Bonchev–Trinajstić information content (AvgIpc) is 2.17. The van der Waals surface area contributed by atoms with Gasteiger partial charge in [-0.05, 0) is 11.5 Å². The minimum atomic E-state index is 0. The lowest BCUT2D eigenvalue weighted by Crippen LogP contribution is -1.85. The molecule has 0 spiro atoms. The average molecular weight is 214 g/mol. The number of alkyl halides is 1. The van der Waals surface area contributed by atoms with Gasteiger partial charge in [0, 0.05) is 11.6 Å². The first-order chi connectivity index (χ1) is 5.92. The molecule has 0 radical (unpaired) electrons. The standard InChI is InChI=1S/C10H8ClN.ClH/c11-7-10-9-4-2-1-3-8(9)5-6-12-10;/h1-6H,7H2;1H. The van der Waals surface area contributed by atoms with Crippen molar-refractivity contribution in [2.75, 3.05) is 0 Å². The molecule has 1 aromatic carbocycles. The second-order valence-corrected chi connectivity index (χ2v) is 2.88. The van der Waals surface area contributed by atoms with Crippen LogP contribution < -0.4 is 0 Å². The number of halogens is 2. The Balaban J connectivity index is 0.000000845. The molecule has 0 saturated heterocycles. The Morgan fingerprint density at radius 3 is 2.69 bits per heavy atom. The van der Waals surface area contributed by atoms with E-state index in [1.165, 1.54) is 5.39 Å². The van der Waals surface area contributed by atoms with Crippen LogP contribution in [0.5, 0.6) is 0 Å². The fourth-order valence-corrected chi connectivity index (χ4v) is 1.50. The third-order valence-electron chi connectivity index (χ3n) is 1.88. The van der Waals surface area contributed by atoms with Crippen LogP contribution in [0.15, 0.2) is 36.5 Å². The Bertz CT molecular complexity index is 396. The molecule has 2 aromatic rings. The van der Waals surface area contributed by atoms with Crippen molar-refractivity contribution in [3.05, 3.63) is 42.2 Å². The molecule has 1 heterocycles. The minimum Gasteiger partial charge on any atom is -0.259 e. The van der Waals surface area contributed by atoms with Crippen molar-refractivity contribution >= 4 is 34.8 Å². The van der Waals surface area contributed by atoms with Crippen molar-refractivity contribution < 1.29 is 0 Å². The summed E-state index contributed by atoms with van der Waals surface area (Å²) in [4.78, 5) is 4.19. The van der Waals surface area contributed by atoms with E-state index in [0.717, 1.165) is 11.1 Å². The van der Waals surface area contributed by atoms with Crippen molar-refractivity contribution in [1.82, 2.24) is 4.98 Å². The molecule has 3 heteroatoms. The van der Waals surface area contributed by atoms with Crippen molar-refractivity contribution in [2.24, 2.45) is 0 Å². The van der Waals surface area contributed by atoms with Gasteiger partial charge >= 0.3 is 0 Å².